The summed E-state index contributed by atoms with van der Waals surface area (Å²) in [5, 5.41) is 0. The van der Waals surface area contributed by atoms with E-state index in [4.69, 9.17) is 17.2 Å². The van der Waals surface area contributed by atoms with Crippen LogP contribution in [0.1, 0.15) is 0 Å². The maximum Gasteiger partial charge on any atom is 0.127 e. The highest BCUT2D eigenvalue weighted by Gasteiger charge is 1.80. The Hall–Kier alpha value is -1.45. The van der Waals surface area contributed by atoms with Gasteiger partial charge in [0.25, 0.3) is 0 Å². The molecule has 0 heterocycles. The Balaban J connectivity index is 4.00. The topological polar surface area (TPSA) is 90.4 Å². The highest BCUT2D eigenvalue weighted by Crippen LogP contribution is 1.79. The zero-order chi connectivity index (χ0) is 7.28. The van der Waals surface area contributed by atoms with Gasteiger partial charge in [-0.2, -0.15) is 0 Å². The number of nitrogens with zero attached hydrogens (tertiary/aromatic N) is 1. The van der Waals surface area contributed by atoms with E-state index in [1.54, 1.807) is 0 Å². The van der Waals surface area contributed by atoms with E-state index in [0.29, 0.717) is 0 Å². The van der Waals surface area contributed by atoms with Crippen molar-refractivity contribution in [3.05, 3.63) is 24.7 Å². The second-order valence-corrected chi connectivity index (χ2v) is 1.39. The van der Waals surface area contributed by atoms with Gasteiger partial charge in [0, 0.05) is 0 Å². The molecule has 0 aromatic carbocycles. The first kappa shape index (κ1) is 7.55. The number of hydrogen-bond donors (Lipinski definition) is 3. The SMILES string of the molecule is C=C(N)N=C(N)/C=C\N. The minimum Gasteiger partial charge on any atom is -0.404 e. The van der Waals surface area contributed by atoms with Crippen LogP contribution in [0.25, 0.3) is 0 Å². The lowest BCUT2D eigenvalue weighted by atomic mass is 10.5. The second-order valence-electron chi connectivity index (χ2n) is 1.39. The quantitative estimate of drug-likeness (QED) is 0.335. The summed E-state index contributed by atoms with van der Waals surface area (Å²) in [6.07, 6.45) is 2.71. The summed E-state index contributed by atoms with van der Waals surface area (Å²) >= 11 is 0. The summed E-state index contributed by atoms with van der Waals surface area (Å²) in [4.78, 5) is 3.58. The van der Waals surface area contributed by atoms with E-state index >= 15 is 0 Å². The lowest BCUT2D eigenvalue weighted by Crippen LogP contribution is -2.10. The van der Waals surface area contributed by atoms with E-state index in [1.807, 2.05) is 0 Å². The van der Waals surface area contributed by atoms with E-state index < -0.39 is 0 Å². The molecule has 0 saturated carbocycles. The Bertz CT molecular complexity index is 156. The number of rotatable bonds is 2. The molecule has 0 aliphatic rings. The molecule has 0 spiro atoms. The summed E-state index contributed by atoms with van der Waals surface area (Å²) in [6.45, 7) is 3.31. The van der Waals surface area contributed by atoms with E-state index in [9.17, 15) is 0 Å². The predicted molar refractivity (Wildman–Crippen MR) is 38.3 cm³/mol. The third kappa shape index (κ3) is 4.40. The van der Waals surface area contributed by atoms with Gasteiger partial charge >= 0.3 is 0 Å². The molecule has 0 rings (SSSR count). The fourth-order valence-electron chi connectivity index (χ4n) is 0.302. The van der Waals surface area contributed by atoms with Crippen LogP contribution in [0.15, 0.2) is 29.7 Å². The molecule has 4 nitrogen and oxygen atoms in total. The van der Waals surface area contributed by atoms with Gasteiger partial charge in [0.1, 0.15) is 11.7 Å². The van der Waals surface area contributed by atoms with Crippen molar-refractivity contribution < 1.29 is 0 Å². The van der Waals surface area contributed by atoms with Crippen LogP contribution in [0.2, 0.25) is 0 Å². The molecule has 0 aromatic rings. The lowest BCUT2D eigenvalue weighted by molar-refractivity contribution is 1.25. The van der Waals surface area contributed by atoms with Crippen molar-refractivity contribution in [2.45, 2.75) is 0 Å². The number of aliphatic imine (C=N–C) groups is 1. The molecule has 0 amide bonds. The zero-order valence-corrected chi connectivity index (χ0v) is 5.04. The van der Waals surface area contributed by atoms with Crippen LogP contribution in [0.3, 0.4) is 0 Å². The molecule has 0 fully saturated rings. The lowest BCUT2D eigenvalue weighted by Gasteiger charge is -1.89. The predicted octanol–water partition coefficient (Wildman–Crippen LogP) is -0.754. The first-order valence-corrected chi connectivity index (χ1v) is 2.33. The van der Waals surface area contributed by atoms with Gasteiger partial charge in [-0.25, -0.2) is 4.99 Å². The van der Waals surface area contributed by atoms with Crippen LogP contribution in [0.4, 0.5) is 0 Å². The zero-order valence-electron chi connectivity index (χ0n) is 5.04. The van der Waals surface area contributed by atoms with E-state index in [2.05, 4.69) is 11.6 Å². The van der Waals surface area contributed by atoms with Crippen LogP contribution in [0.5, 0.6) is 0 Å². The summed E-state index contributed by atoms with van der Waals surface area (Å²) in [6, 6.07) is 0. The average molecular weight is 126 g/mol. The van der Waals surface area contributed by atoms with Gasteiger partial charge in [0.2, 0.25) is 0 Å². The minimum absolute atomic E-state index is 0.172. The van der Waals surface area contributed by atoms with E-state index in [0.717, 1.165) is 0 Å². The molecule has 0 atom stereocenters. The number of hydrogen-bond acceptors (Lipinski definition) is 3. The monoisotopic (exact) mass is 126 g/mol. The maximum atomic E-state index is 5.23. The maximum absolute atomic E-state index is 5.23. The first-order chi connectivity index (χ1) is 4.16. The molecular weight excluding hydrogens is 116 g/mol. The Morgan fingerprint density at radius 2 is 2.00 bits per heavy atom. The smallest absolute Gasteiger partial charge is 0.127 e. The fraction of sp³-hybridized carbons (Fsp3) is 0. The van der Waals surface area contributed by atoms with Gasteiger partial charge in [-0.05, 0) is 12.3 Å². The largest absolute Gasteiger partial charge is 0.404 e. The van der Waals surface area contributed by atoms with Crippen LogP contribution in [-0.4, -0.2) is 5.84 Å². The minimum atomic E-state index is 0.172. The molecule has 0 aromatic heterocycles. The van der Waals surface area contributed by atoms with Crippen molar-refractivity contribution in [1.82, 2.24) is 0 Å². The summed E-state index contributed by atoms with van der Waals surface area (Å²) in [5.74, 6) is 0.426. The van der Waals surface area contributed by atoms with Crippen LogP contribution in [-0.2, 0) is 0 Å². The molecule has 0 unspecified atom stereocenters. The highest BCUT2D eigenvalue weighted by atomic mass is 14.9. The summed E-state index contributed by atoms with van der Waals surface area (Å²) in [5.41, 5.74) is 15.3. The standard InChI is InChI=1S/C5H10N4/c1-4(7)9-5(8)2-3-6/h2-3H,1,6-7H2,(H2,8,9)/b3-2-. The molecular formula is C5H10N4. The van der Waals surface area contributed by atoms with Crippen LogP contribution >= 0.6 is 0 Å². The third-order valence-electron chi connectivity index (χ3n) is 0.540. The van der Waals surface area contributed by atoms with Crippen molar-refractivity contribution in [1.29, 1.82) is 0 Å². The molecule has 50 valence electrons. The van der Waals surface area contributed by atoms with Gasteiger partial charge in [-0.1, -0.05) is 6.58 Å². The van der Waals surface area contributed by atoms with Crippen molar-refractivity contribution in [2.75, 3.05) is 0 Å². The van der Waals surface area contributed by atoms with E-state index in [-0.39, 0.29) is 11.7 Å². The summed E-state index contributed by atoms with van der Waals surface area (Å²) < 4.78 is 0. The fourth-order valence-corrected chi connectivity index (χ4v) is 0.302. The summed E-state index contributed by atoms with van der Waals surface area (Å²) in [7, 11) is 0. The first-order valence-electron chi connectivity index (χ1n) is 2.33. The molecule has 0 saturated heterocycles. The normalized spacial score (nSPS) is 12.2. The van der Waals surface area contributed by atoms with Gasteiger partial charge in [0.15, 0.2) is 0 Å². The molecule has 0 bridgehead atoms. The number of amidine groups is 1. The number of nitrogens with two attached hydrogens (primary N) is 3. The van der Waals surface area contributed by atoms with Gasteiger partial charge in [0.05, 0.1) is 0 Å². The second kappa shape index (κ2) is 3.54. The molecule has 9 heavy (non-hydrogen) atoms. The third-order valence-corrected chi connectivity index (χ3v) is 0.540. The van der Waals surface area contributed by atoms with E-state index in [1.165, 1.54) is 12.3 Å². The van der Waals surface area contributed by atoms with Crippen molar-refractivity contribution in [2.24, 2.45) is 22.2 Å². The molecule has 0 aliphatic carbocycles. The Kier molecular flexibility index (Phi) is 2.97. The average Bonchev–Trinajstić information content (AvgIpc) is 1.63. The Labute approximate surface area is 53.7 Å². The Morgan fingerprint density at radius 1 is 1.44 bits per heavy atom. The van der Waals surface area contributed by atoms with Gasteiger partial charge in [-0.15, -0.1) is 0 Å². The van der Waals surface area contributed by atoms with Crippen molar-refractivity contribution >= 4 is 5.84 Å². The van der Waals surface area contributed by atoms with Crippen LogP contribution in [0, 0.1) is 0 Å². The van der Waals surface area contributed by atoms with Crippen molar-refractivity contribution in [3.63, 3.8) is 0 Å². The van der Waals surface area contributed by atoms with Gasteiger partial charge in [-0.3, -0.25) is 0 Å². The molecule has 6 N–H and O–H groups in total. The Morgan fingerprint density at radius 3 is 2.33 bits per heavy atom. The highest BCUT2D eigenvalue weighted by molar-refractivity contribution is 5.91. The molecule has 0 radical (unpaired) electrons. The van der Waals surface area contributed by atoms with Crippen molar-refractivity contribution in [3.8, 4) is 0 Å². The van der Waals surface area contributed by atoms with Crippen LogP contribution < -0.4 is 17.2 Å². The van der Waals surface area contributed by atoms with Gasteiger partial charge < -0.3 is 17.2 Å². The molecule has 0 aliphatic heterocycles. The molecule has 4 heteroatoms.